The van der Waals surface area contributed by atoms with Crippen LogP contribution in [0.3, 0.4) is 0 Å². The summed E-state index contributed by atoms with van der Waals surface area (Å²) in [6.07, 6.45) is 1.02. The molecule has 0 spiro atoms. The first-order valence-corrected chi connectivity index (χ1v) is 9.70. The summed E-state index contributed by atoms with van der Waals surface area (Å²) in [6, 6.07) is 12.5. The van der Waals surface area contributed by atoms with E-state index in [1.165, 1.54) is 24.3 Å². The topological polar surface area (TPSA) is 92.3 Å². The molecule has 118 valence electrons. The van der Waals surface area contributed by atoms with Crippen molar-refractivity contribution in [1.82, 2.24) is 0 Å². The average Bonchev–Trinajstić information content (AvgIpc) is 2.37. The normalized spacial score (nSPS) is 11.9. The summed E-state index contributed by atoms with van der Waals surface area (Å²) in [6.45, 7) is 1.87. The number of nitrogens with one attached hydrogen (secondary N) is 2. The predicted molar refractivity (Wildman–Crippen MR) is 86.9 cm³/mol. The summed E-state index contributed by atoms with van der Waals surface area (Å²) in [5.74, 6) is 0. The molecule has 0 heterocycles. The van der Waals surface area contributed by atoms with E-state index in [9.17, 15) is 16.8 Å². The van der Waals surface area contributed by atoms with Crippen molar-refractivity contribution in [3.8, 4) is 0 Å². The second kappa shape index (κ2) is 5.98. The maximum absolute atomic E-state index is 12.3. The van der Waals surface area contributed by atoms with E-state index in [1.807, 2.05) is 6.92 Å². The van der Waals surface area contributed by atoms with Gasteiger partial charge in [-0.25, -0.2) is 16.8 Å². The zero-order chi connectivity index (χ0) is 16.4. The Balaban J connectivity index is 2.26. The Hall–Kier alpha value is -2.06. The fourth-order valence-electron chi connectivity index (χ4n) is 1.79. The molecule has 2 aromatic rings. The molecule has 0 aliphatic carbocycles. The van der Waals surface area contributed by atoms with Crippen molar-refractivity contribution in [3.63, 3.8) is 0 Å². The standard InChI is InChI=1S/C14H16N2O4S2/c1-11-6-8-14(9-7-11)22(19,20)16-13-5-3-4-12(10-13)15-21(2,17)18/h3-10,15-16H,1-2H3. The summed E-state index contributed by atoms with van der Waals surface area (Å²) in [5.41, 5.74) is 1.51. The Morgan fingerprint density at radius 3 is 1.91 bits per heavy atom. The molecule has 0 aliphatic rings. The Bertz CT molecular complexity index is 873. The van der Waals surface area contributed by atoms with Crippen molar-refractivity contribution in [2.75, 3.05) is 15.7 Å². The highest BCUT2D eigenvalue weighted by molar-refractivity contribution is 7.92. The van der Waals surface area contributed by atoms with Crippen LogP contribution in [0.4, 0.5) is 11.4 Å². The van der Waals surface area contributed by atoms with Crippen molar-refractivity contribution in [1.29, 1.82) is 0 Å². The van der Waals surface area contributed by atoms with Crippen molar-refractivity contribution in [3.05, 3.63) is 54.1 Å². The van der Waals surface area contributed by atoms with Crippen molar-refractivity contribution < 1.29 is 16.8 Å². The molecule has 0 aromatic heterocycles. The molecular formula is C14H16N2O4S2. The van der Waals surface area contributed by atoms with E-state index >= 15 is 0 Å². The van der Waals surface area contributed by atoms with Crippen LogP contribution in [0.1, 0.15) is 5.56 Å². The highest BCUT2D eigenvalue weighted by Crippen LogP contribution is 2.20. The third-order valence-electron chi connectivity index (χ3n) is 2.75. The lowest BCUT2D eigenvalue weighted by Crippen LogP contribution is -2.14. The van der Waals surface area contributed by atoms with E-state index in [0.29, 0.717) is 0 Å². The third kappa shape index (κ3) is 4.47. The van der Waals surface area contributed by atoms with Gasteiger partial charge in [-0.05, 0) is 37.3 Å². The molecule has 6 nitrogen and oxygen atoms in total. The molecule has 0 bridgehead atoms. The lowest BCUT2D eigenvalue weighted by atomic mass is 10.2. The summed E-state index contributed by atoms with van der Waals surface area (Å²) in [5, 5.41) is 0. The van der Waals surface area contributed by atoms with Crippen LogP contribution in [0.5, 0.6) is 0 Å². The first-order chi connectivity index (χ1) is 10.2. The Kier molecular flexibility index (Phi) is 4.43. The number of aryl methyl sites for hydroxylation is 1. The molecule has 0 aliphatic heterocycles. The Labute approximate surface area is 130 Å². The minimum absolute atomic E-state index is 0.138. The predicted octanol–water partition coefficient (Wildman–Crippen LogP) is 2.17. The second-order valence-electron chi connectivity index (χ2n) is 4.87. The van der Waals surface area contributed by atoms with Crippen LogP contribution in [0.25, 0.3) is 0 Å². The van der Waals surface area contributed by atoms with Gasteiger partial charge in [0.15, 0.2) is 0 Å². The summed E-state index contributed by atoms with van der Waals surface area (Å²) in [4.78, 5) is 0.138. The Morgan fingerprint density at radius 2 is 1.36 bits per heavy atom. The molecule has 2 N–H and O–H groups in total. The van der Waals surface area contributed by atoms with Crippen LogP contribution in [0, 0.1) is 6.92 Å². The first kappa shape index (κ1) is 16.3. The van der Waals surface area contributed by atoms with E-state index in [-0.39, 0.29) is 16.3 Å². The first-order valence-electron chi connectivity index (χ1n) is 6.33. The zero-order valence-electron chi connectivity index (χ0n) is 12.1. The van der Waals surface area contributed by atoms with Crippen LogP contribution in [-0.4, -0.2) is 23.1 Å². The maximum Gasteiger partial charge on any atom is 0.261 e. The van der Waals surface area contributed by atoms with Crippen LogP contribution in [-0.2, 0) is 20.0 Å². The van der Waals surface area contributed by atoms with E-state index < -0.39 is 20.0 Å². The molecule has 0 radical (unpaired) electrons. The molecule has 0 atom stereocenters. The SMILES string of the molecule is Cc1ccc(S(=O)(=O)Nc2cccc(NS(C)(=O)=O)c2)cc1. The summed E-state index contributed by atoms with van der Waals surface area (Å²) >= 11 is 0. The van der Waals surface area contributed by atoms with Gasteiger partial charge in [0.25, 0.3) is 10.0 Å². The lowest BCUT2D eigenvalue weighted by Gasteiger charge is -2.10. The highest BCUT2D eigenvalue weighted by atomic mass is 32.2. The molecule has 22 heavy (non-hydrogen) atoms. The van der Waals surface area contributed by atoms with Crippen LogP contribution < -0.4 is 9.44 Å². The number of rotatable bonds is 5. The van der Waals surface area contributed by atoms with E-state index in [4.69, 9.17) is 0 Å². The van der Waals surface area contributed by atoms with E-state index in [2.05, 4.69) is 9.44 Å². The minimum Gasteiger partial charge on any atom is -0.284 e. The molecule has 0 unspecified atom stereocenters. The quantitative estimate of drug-likeness (QED) is 0.872. The fraction of sp³-hybridized carbons (Fsp3) is 0.143. The van der Waals surface area contributed by atoms with Gasteiger partial charge < -0.3 is 0 Å². The van der Waals surface area contributed by atoms with Crippen LogP contribution in [0.15, 0.2) is 53.4 Å². The molecule has 2 aromatic carbocycles. The van der Waals surface area contributed by atoms with Gasteiger partial charge in [0.2, 0.25) is 10.0 Å². The van der Waals surface area contributed by atoms with Crippen molar-refractivity contribution >= 4 is 31.4 Å². The molecule has 8 heteroatoms. The van der Waals surface area contributed by atoms with Gasteiger partial charge in [-0.3, -0.25) is 9.44 Å². The average molecular weight is 340 g/mol. The summed E-state index contributed by atoms with van der Waals surface area (Å²) < 4.78 is 51.6. The molecule has 0 fully saturated rings. The number of hydrogen-bond acceptors (Lipinski definition) is 4. The minimum atomic E-state index is -3.72. The van der Waals surface area contributed by atoms with Gasteiger partial charge in [-0.1, -0.05) is 23.8 Å². The number of anilines is 2. The smallest absolute Gasteiger partial charge is 0.261 e. The third-order valence-corrected chi connectivity index (χ3v) is 4.75. The van der Waals surface area contributed by atoms with Gasteiger partial charge in [-0.2, -0.15) is 0 Å². The summed E-state index contributed by atoms with van der Waals surface area (Å²) in [7, 11) is -7.14. The van der Waals surface area contributed by atoms with E-state index in [0.717, 1.165) is 11.8 Å². The number of sulfonamides is 2. The zero-order valence-corrected chi connectivity index (χ0v) is 13.7. The molecule has 0 amide bonds. The molecule has 2 rings (SSSR count). The van der Waals surface area contributed by atoms with Gasteiger partial charge in [-0.15, -0.1) is 0 Å². The maximum atomic E-state index is 12.3. The van der Waals surface area contributed by atoms with Crippen molar-refractivity contribution in [2.24, 2.45) is 0 Å². The van der Waals surface area contributed by atoms with Gasteiger partial charge in [0.1, 0.15) is 0 Å². The number of hydrogen-bond donors (Lipinski definition) is 2. The van der Waals surface area contributed by atoms with E-state index in [1.54, 1.807) is 24.3 Å². The monoisotopic (exact) mass is 340 g/mol. The van der Waals surface area contributed by atoms with Crippen LogP contribution in [0.2, 0.25) is 0 Å². The second-order valence-corrected chi connectivity index (χ2v) is 8.30. The largest absolute Gasteiger partial charge is 0.284 e. The highest BCUT2D eigenvalue weighted by Gasteiger charge is 2.14. The molecule has 0 saturated heterocycles. The Morgan fingerprint density at radius 1 is 0.818 bits per heavy atom. The van der Waals surface area contributed by atoms with Crippen LogP contribution >= 0.6 is 0 Å². The molecular weight excluding hydrogens is 324 g/mol. The van der Waals surface area contributed by atoms with Gasteiger partial charge in [0, 0.05) is 0 Å². The van der Waals surface area contributed by atoms with Gasteiger partial charge in [0.05, 0.1) is 22.5 Å². The molecule has 0 saturated carbocycles. The fourth-order valence-corrected chi connectivity index (χ4v) is 3.40. The number of benzene rings is 2. The van der Waals surface area contributed by atoms with Gasteiger partial charge >= 0.3 is 0 Å². The van der Waals surface area contributed by atoms with Crippen molar-refractivity contribution in [2.45, 2.75) is 11.8 Å². The lowest BCUT2D eigenvalue weighted by molar-refractivity contribution is 0.601.